The van der Waals surface area contributed by atoms with Crippen molar-refractivity contribution >= 4 is 23.9 Å². The molecule has 0 aliphatic rings. The van der Waals surface area contributed by atoms with Crippen molar-refractivity contribution in [3.05, 3.63) is 24.3 Å². The van der Waals surface area contributed by atoms with Gasteiger partial charge in [0.05, 0.1) is 25.4 Å². The molecule has 0 fully saturated rings. The first-order valence-electron chi connectivity index (χ1n) is 8.67. The SMILES string of the molecule is CC(O)COC(=O)/C=C\C(=O)OCCOCCOC(=O)/C=C\C(=O)OCC(C)O. The molecule has 0 aliphatic carbocycles. The molecule has 29 heavy (non-hydrogen) atoms. The number of hydrogen-bond acceptors (Lipinski definition) is 11. The highest BCUT2D eigenvalue weighted by Gasteiger charge is 2.04. The fraction of sp³-hybridized carbons (Fsp3) is 0.556. The average Bonchev–Trinajstić information content (AvgIpc) is 2.66. The van der Waals surface area contributed by atoms with Gasteiger partial charge in [-0.15, -0.1) is 0 Å². The van der Waals surface area contributed by atoms with Gasteiger partial charge in [0.15, 0.2) is 0 Å². The Balaban J connectivity index is 3.71. The molecule has 0 saturated carbocycles. The lowest BCUT2D eigenvalue weighted by Gasteiger charge is -2.05. The lowest BCUT2D eigenvalue weighted by molar-refractivity contribution is -0.143. The van der Waals surface area contributed by atoms with E-state index in [9.17, 15) is 19.2 Å². The minimum atomic E-state index is -0.802. The number of hydrogen-bond donors (Lipinski definition) is 2. The van der Waals surface area contributed by atoms with Crippen LogP contribution in [0.5, 0.6) is 0 Å². The van der Waals surface area contributed by atoms with Crippen molar-refractivity contribution in [1.29, 1.82) is 0 Å². The third-order valence-corrected chi connectivity index (χ3v) is 2.59. The van der Waals surface area contributed by atoms with Gasteiger partial charge in [-0.25, -0.2) is 19.2 Å². The largest absolute Gasteiger partial charge is 0.460 e. The van der Waals surface area contributed by atoms with Crippen LogP contribution in [0.3, 0.4) is 0 Å². The molecule has 2 N–H and O–H groups in total. The van der Waals surface area contributed by atoms with Gasteiger partial charge in [0.1, 0.15) is 26.4 Å². The van der Waals surface area contributed by atoms with E-state index in [0.29, 0.717) is 0 Å². The Bertz CT molecular complexity index is 528. The molecule has 0 saturated heterocycles. The normalized spacial score (nSPS) is 13.1. The van der Waals surface area contributed by atoms with Crippen LogP contribution in [-0.2, 0) is 42.9 Å². The summed E-state index contributed by atoms with van der Waals surface area (Å²) in [4.78, 5) is 45.0. The first kappa shape index (κ1) is 26.2. The van der Waals surface area contributed by atoms with E-state index in [-0.39, 0.29) is 39.6 Å². The van der Waals surface area contributed by atoms with E-state index in [1.54, 1.807) is 0 Å². The molecule has 0 aromatic rings. The van der Waals surface area contributed by atoms with E-state index in [4.69, 9.17) is 24.4 Å². The summed E-state index contributed by atoms with van der Waals surface area (Å²) in [5.74, 6) is -3.12. The van der Waals surface area contributed by atoms with Crippen LogP contribution >= 0.6 is 0 Å². The summed E-state index contributed by atoms with van der Waals surface area (Å²) >= 11 is 0. The summed E-state index contributed by atoms with van der Waals surface area (Å²) in [6.07, 6.45) is 1.90. The number of aliphatic hydroxyl groups is 2. The zero-order valence-electron chi connectivity index (χ0n) is 16.3. The Morgan fingerprint density at radius 1 is 0.621 bits per heavy atom. The standard InChI is InChI=1S/C18H26O11/c1-13(19)11-28-17(23)5-3-15(21)26-9-7-25-8-10-27-16(22)4-6-18(24)29-12-14(2)20/h3-6,13-14,19-20H,7-12H2,1-2H3/b5-3-,6-4-. The predicted molar refractivity (Wildman–Crippen MR) is 96.3 cm³/mol. The summed E-state index contributed by atoms with van der Waals surface area (Å²) in [5.41, 5.74) is 0. The maximum atomic E-state index is 11.3. The molecule has 0 aliphatic heterocycles. The van der Waals surface area contributed by atoms with Crippen molar-refractivity contribution in [2.24, 2.45) is 0 Å². The van der Waals surface area contributed by atoms with Gasteiger partial charge in [-0.05, 0) is 13.8 Å². The van der Waals surface area contributed by atoms with Crippen LogP contribution in [0.1, 0.15) is 13.8 Å². The van der Waals surface area contributed by atoms with Gasteiger partial charge < -0.3 is 33.9 Å². The van der Waals surface area contributed by atoms with Crippen LogP contribution in [0, 0.1) is 0 Å². The molecule has 0 amide bonds. The maximum absolute atomic E-state index is 11.3. The molecular formula is C18H26O11. The Morgan fingerprint density at radius 2 is 0.931 bits per heavy atom. The molecule has 0 radical (unpaired) electrons. The summed E-state index contributed by atoms with van der Waals surface area (Å²) in [5, 5.41) is 17.9. The molecule has 0 aromatic heterocycles. The minimum absolute atomic E-state index is 0.0329. The molecule has 2 atom stereocenters. The van der Waals surface area contributed by atoms with Gasteiger partial charge in [-0.3, -0.25) is 0 Å². The number of esters is 4. The van der Waals surface area contributed by atoms with Crippen molar-refractivity contribution < 1.29 is 53.1 Å². The van der Waals surface area contributed by atoms with Crippen LogP contribution in [0.2, 0.25) is 0 Å². The van der Waals surface area contributed by atoms with Crippen LogP contribution in [0.4, 0.5) is 0 Å². The third-order valence-electron chi connectivity index (χ3n) is 2.59. The summed E-state index contributed by atoms with van der Waals surface area (Å²) < 4.78 is 23.8. The van der Waals surface area contributed by atoms with E-state index in [1.165, 1.54) is 13.8 Å². The van der Waals surface area contributed by atoms with E-state index in [0.717, 1.165) is 24.3 Å². The first-order valence-corrected chi connectivity index (χ1v) is 8.67. The minimum Gasteiger partial charge on any atom is -0.460 e. The quantitative estimate of drug-likeness (QED) is 0.155. The molecule has 0 bridgehead atoms. The Hall–Kier alpha value is -2.76. The van der Waals surface area contributed by atoms with Gasteiger partial charge >= 0.3 is 23.9 Å². The van der Waals surface area contributed by atoms with Crippen molar-refractivity contribution in [2.75, 3.05) is 39.6 Å². The fourth-order valence-electron chi connectivity index (χ4n) is 1.37. The van der Waals surface area contributed by atoms with Crippen molar-refractivity contribution in [1.82, 2.24) is 0 Å². The van der Waals surface area contributed by atoms with Crippen LogP contribution in [0.15, 0.2) is 24.3 Å². The number of rotatable bonds is 14. The van der Waals surface area contributed by atoms with Crippen LogP contribution in [0.25, 0.3) is 0 Å². The number of carbonyl (C=O) groups is 4. The monoisotopic (exact) mass is 418 g/mol. The molecule has 0 rings (SSSR count). The molecule has 11 heteroatoms. The number of ether oxygens (including phenoxy) is 5. The zero-order chi connectivity index (χ0) is 22.1. The molecule has 0 aromatic carbocycles. The summed E-state index contributed by atoms with van der Waals surface area (Å²) in [7, 11) is 0. The molecular weight excluding hydrogens is 392 g/mol. The number of carbonyl (C=O) groups excluding carboxylic acids is 4. The fourth-order valence-corrected chi connectivity index (χ4v) is 1.37. The molecule has 0 heterocycles. The second-order valence-corrected chi connectivity index (χ2v) is 5.57. The van der Waals surface area contributed by atoms with Gasteiger partial charge in [0.25, 0.3) is 0 Å². The van der Waals surface area contributed by atoms with Gasteiger partial charge in [0.2, 0.25) is 0 Å². The van der Waals surface area contributed by atoms with Gasteiger partial charge in [-0.1, -0.05) is 0 Å². The molecule has 0 spiro atoms. The van der Waals surface area contributed by atoms with E-state index in [2.05, 4.69) is 9.47 Å². The lowest BCUT2D eigenvalue weighted by Crippen LogP contribution is -2.15. The van der Waals surface area contributed by atoms with Crippen molar-refractivity contribution in [3.8, 4) is 0 Å². The van der Waals surface area contributed by atoms with Crippen LogP contribution < -0.4 is 0 Å². The highest BCUT2D eigenvalue weighted by atomic mass is 16.6. The van der Waals surface area contributed by atoms with Crippen molar-refractivity contribution in [2.45, 2.75) is 26.1 Å². The highest BCUT2D eigenvalue weighted by molar-refractivity contribution is 5.92. The van der Waals surface area contributed by atoms with Crippen molar-refractivity contribution in [3.63, 3.8) is 0 Å². The highest BCUT2D eigenvalue weighted by Crippen LogP contribution is 1.91. The second kappa shape index (κ2) is 16.2. The van der Waals surface area contributed by atoms with E-state index in [1.807, 2.05) is 0 Å². The molecule has 2 unspecified atom stereocenters. The third kappa shape index (κ3) is 18.4. The summed E-state index contributed by atoms with van der Waals surface area (Å²) in [6.45, 7) is 2.42. The summed E-state index contributed by atoms with van der Waals surface area (Å²) in [6, 6.07) is 0. The lowest BCUT2D eigenvalue weighted by atomic mass is 10.4. The Labute approximate surface area is 167 Å². The first-order chi connectivity index (χ1) is 13.7. The number of aliphatic hydroxyl groups excluding tert-OH is 2. The predicted octanol–water partition coefficient (Wildman–Crippen LogP) is -0.950. The second-order valence-electron chi connectivity index (χ2n) is 5.57. The topological polar surface area (TPSA) is 155 Å². The smallest absolute Gasteiger partial charge is 0.331 e. The van der Waals surface area contributed by atoms with Crippen LogP contribution in [-0.4, -0.2) is 85.9 Å². The molecule has 11 nitrogen and oxygen atoms in total. The van der Waals surface area contributed by atoms with E-state index >= 15 is 0 Å². The maximum Gasteiger partial charge on any atom is 0.331 e. The Morgan fingerprint density at radius 3 is 1.24 bits per heavy atom. The van der Waals surface area contributed by atoms with Gasteiger partial charge in [-0.2, -0.15) is 0 Å². The average molecular weight is 418 g/mol. The zero-order valence-corrected chi connectivity index (χ0v) is 16.3. The molecule has 164 valence electrons. The Kier molecular flexibility index (Phi) is 14.7. The van der Waals surface area contributed by atoms with E-state index < -0.39 is 36.1 Å². The van der Waals surface area contributed by atoms with Gasteiger partial charge in [0, 0.05) is 24.3 Å².